The van der Waals surface area contributed by atoms with Crippen LogP contribution in [0.1, 0.15) is 24.7 Å². The Kier molecular flexibility index (Phi) is 4.58. The lowest BCUT2D eigenvalue weighted by atomic mass is 10.2. The Hall–Kier alpha value is -2.68. The number of alkyl halides is 3. The summed E-state index contributed by atoms with van der Waals surface area (Å²) in [4.78, 5) is 10.9. The molecule has 0 bridgehead atoms. The standard InChI is InChI=1S/C15H11ClF3N5O/c1-8(21-11-6-7-20-14(22-11)15(17,18)19)13-23-12(24-25-13)9-2-4-10(16)5-3-9/h2-8H,1H3,(H,20,21,22). The molecule has 0 spiro atoms. The van der Waals surface area contributed by atoms with Gasteiger partial charge in [-0.1, -0.05) is 16.8 Å². The first-order valence-corrected chi connectivity index (χ1v) is 7.47. The lowest BCUT2D eigenvalue weighted by Gasteiger charge is -2.11. The zero-order chi connectivity index (χ0) is 18.0. The highest BCUT2D eigenvalue weighted by atomic mass is 35.5. The van der Waals surface area contributed by atoms with Gasteiger partial charge in [-0.25, -0.2) is 9.97 Å². The second-order valence-electron chi connectivity index (χ2n) is 5.09. The number of aromatic nitrogens is 4. The Morgan fingerprint density at radius 3 is 2.52 bits per heavy atom. The van der Waals surface area contributed by atoms with Gasteiger partial charge in [0.2, 0.25) is 17.5 Å². The van der Waals surface area contributed by atoms with Crippen molar-refractivity contribution < 1.29 is 17.7 Å². The predicted molar refractivity (Wildman–Crippen MR) is 83.8 cm³/mol. The van der Waals surface area contributed by atoms with Gasteiger partial charge in [0.1, 0.15) is 11.9 Å². The van der Waals surface area contributed by atoms with Gasteiger partial charge in [-0.05, 0) is 37.3 Å². The first-order chi connectivity index (χ1) is 11.8. The fraction of sp³-hybridized carbons (Fsp3) is 0.200. The van der Waals surface area contributed by atoms with Crippen LogP contribution in [0.15, 0.2) is 41.1 Å². The van der Waals surface area contributed by atoms with Crippen LogP contribution >= 0.6 is 11.6 Å². The van der Waals surface area contributed by atoms with E-state index in [0.29, 0.717) is 16.4 Å². The molecule has 0 aliphatic rings. The maximum atomic E-state index is 12.6. The molecule has 3 rings (SSSR count). The third-order valence-corrected chi connectivity index (χ3v) is 3.44. The largest absolute Gasteiger partial charge is 0.451 e. The average molecular weight is 370 g/mol. The molecule has 6 nitrogen and oxygen atoms in total. The smallest absolute Gasteiger partial charge is 0.359 e. The van der Waals surface area contributed by atoms with E-state index in [0.717, 1.165) is 6.20 Å². The number of hydrogen-bond acceptors (Lipinski definition) is 6. The summed E-state index contributed by atoms with van der Waals surface area (Å²) in [6.07, 6.45) is -3.59. The SMILES string of the molecule is CC(Nc1ccnc(C(F)(F)F)n1)c1nc(-c2ccc(Cl)cc2)no1. The van der Waals surface area contributed by atoms with Crippen molar-refractivity contribution in [1.29, 1.82) is 0 Å². The number of nitrogens with one attached hydrogen (secondary N) is 1. The minimum absolute atomic E-state index is 0.000989. The van der Waals surface area contributed by atoms with Crippen LogP contribution in [0.3, 0.4) is 0 Å². The van der Waals surface area contributed by atoms with Crippen molar-refractivity contribution in [3.8, 4) is 11.4 Å². The third-order valence-electron chi connectivity index (χ3n) is 3.19. The monoisotopic (exact) mass is 369 g/mol. The van der Waals surface area contributed by atoms with Gasteiger partial charge in [-0.2, -0.15) is 18.2 Å². The molecule has 130 valence electrons. The molecular formula is C15H11ClF3N5O. The molecule has 0 aliphatic carbocycles. The van der Waals surface area contributed by atoms with Crippen molar-refractivity contribution in [2.24, 2.45) is 0 Å². The van der Waals surface area contributed by atoms with E-state index in [1.54, 1.807) is 31.2 Å². The van der Waals surface area contributed by atoms with E-state index in [1.165, 1.54) is 6.07 Å². The maximum absolute atomic E-state index is 12.6. The molecule has 2 heterocycles. The molecule has 0 amide bonds. The zero-order valence-corrected chi connectivity index (χ0v) is 13.5. The van der Waals surface area contributed by atoms with E-state index in [1.807, 2.05) is 0 Å². The van der Waals surface area contributed by atoms with Gasteiger partial charge in [-0.15, -0.1) is 0 Å². The Bertz CT molecular complexity index is 866. The number of rotatable bonds is 4. The van der Waals surface area contributed by atoms with Crippen molar-refractivity contribution >= 4 is 17.4 Å². The Labute approximate surface area is 145 Å². The van der Waals surface area contributed by atoms with Gasteiger partial charge in [0, 0.05) is 16.8 Å². The first kappa shape index (κ1) is 17.2. The van der Waals surface area contributed by atoms with Crippen LogP contribution in [-0.4, -0.2) is 20.1 Å². The molecule has 1 atom stereocenters. The Balaban J connectivity index is 1.76. The van der Waals surface area contributed by atoms with Gasteiger partial charge in [0.05, 0.1) is 0 Å². The molecule has 10 heteroatoms. The summed E-state index contributed by atoms with van der Waals surface area (Å²) in [5, 5.41) is 7.21. The highest BCUT2D eigenvalue weighted by molar-refractivity contribution is 6.30. The Morgan fingerprint density at radius 2 is 1.84 bits per heavy atom. The minimum Gasteiger partial charge on any atom is -0.359 e. The summed E-state index contributed by atoms with van der Waals surface area (Å²) >= 11 is 5.82. The predicted octanol–water partition coefficient (Wildman–Crippen LogP) is 4.37. The van der Waals surface area contributed by atoms with Crippen molar-refractivity contribution in [1.82, 2.24) is 20.1 Å². The minimum atomic E-state index is -4.62. The van der Waals surface area contributed by atoms with Crippen LogP contribution < -0.4 is 5.32 Å². The third kappa shape index (κ3) is 4.05. The summed E-state index contributed by atoms with van der Waals surface area (Å²) in [6.45, 7) is 1.66. The molecule has 0 fully saturated rings. The molecule has 2 aromatic heterocycles. The van der Waals surface area contributed by atoms with E-state index in [-0.39, 0.29) is 11.7 Å². The fourth-order valence-corrected chi connectivity index (χ4v) is 2.11. The molecule has 0 saturated carbocycles. The van der Waals surface area contributed by atoms with Gasteiger partial charge in [-0.3, -0.25) is 0 Å². The summed E-state index contributed by atoms with van der Waals surface area (Å²) in [5.74, 6) is -0.672. The average Bonchev–Trinajstić information content (AvgIpc) is 3.05. The molecule has 1 aromatic carbocycles. The number of benzene rings is 1. The number of halogens is 4. The van der Waals surface area contributed by atoms with E-state index >= 15 is 0 Å². The lowest BCUT2D eigenvalue weighted by molar-refractivity contribution is -0.144. The van der Waals surface area contributed by atoms with Crippen LogP contribution in [-0.2, 0) is 6.18 Å². The lowest BCUT2D eigenvalue weighted by Crippen LogP contribution is -2.14. The van der Waals surface area contributed by atoms with Crippen LogP contribution in [0.4, 0.5) is 19.0 Å². The number of hydrogen-bond donors (Lipinski definition) is 1. The second kappa shape index (κ2) is 6.67. The highest BCUT2D eigenvalue weighted by Crippen LogP contribution is 2.27. The molecule has 0 aliphatic heterocycles. The summed E-state index contributed by atoms with van der Waals surface area (Å²) in [6, 6.07) is 7.61. The van der Waals surface area contributed by atoms with Gasteiger partial charge in [0.25, 0.3) is 0 Å². The van der Waals surface area contributed by atoms with Crippen molar-refractivity contribution in [2.45, 2.75) is 19.1 Å². The molecule has 25 heavy (non-hydrogen) atoms. The fourth-order valence-electron chi connectivity index (χ4n) is 1.99. The number of nitrogens with zero attached hydrogens (tertiary/aromatic N) is 4. The molecule has 3 aromatic rings. The topological polar surface area (TPSA) is 76.7 Å². The van der Waals surface area contributed by atoms with Crippen molar-refractivity contribution in [2.75, 3.05) is 5.32 Å². The zero-order valence-electron chi connectivity index (χ0n) is 12.8. The normalized spacial score (nSPS) is 12.8. The molecule has 1 N–H and O–H groups in total. The van der Waals surface area contributed by atoms with Crippen LogP contribution in [0.25, 0.3) is 11.4 Å². The van der Waals surface area contributed by atoms with Crippen LogP contribution in [0.2, 0.25) is 5.02 Å². The van der Waals surface area contributed by atoms with Crippen molar-refractivity contribution in [3.63, 3.8) is 0 Å². The van der Waals surface area contributed by atoms with E-state index in [9.17, 15) is 13.2 Å². The first-order valence-electron chi connectivity index (χ1n) is 7.09. The van der Waals surface area contributed by atoms with Crippen molar-refractivity contribution in [3.05, 3.63) is 53.3 Å². The van der Waals surface area contributed by atoms with E-state index in [2.05, 4.69) is 25.4 Å². The van der Waals surface area contributed by atoms with E-state index < -0.39 is 18.0 Å². The summed E-state index contributed by atoms with van der Waals surface area (Å²) in [7, 11) is 0. The summed E-state index contributed by atoms with van der Waals surface area (Å²) in [5.41, 5.74) is 0.702. The molecule has 0 saturated heterocycles. The molecule has 0 radical (unpaired) electrons. The van der Waals surface area contributed by atoms with E-state index in [4.69, 9.17) is 16.1 Å². The Morgan fingerprint density at radius 1 is 1.12 bits per heavy atom. The van der Waals surface area contributed by atoms with Gasteiger partial charge < -0.3 is 9.84 Å². The van der Waals surface area contributed by atoms with Gasteiger partial charge >= 0.3 is 6.18 Å². The second-order valence-corrected chi connectivity index (χ2v) is 5.53. The summed E-state index contributed by atoms with van der Waals surface area (Å²) < 4.78 is 43.1. The number of anilines is 1. The maximum Gasteiger partial charge on any atom is 0.451 e. The van der Waals surface area contributed by atoms with Crippen LogP contribution in [0, 0.1) is 0 Å². The molecular weight excluding hydrogens is 359 g/mol. The highest BCUT2D eigenvalue weighted by Gasteiger charge is 2.34. The molecule has 1 unspecified atom stereocenters. The quantitative estimate of drug-likeness (QED) is 0.735. The van der Waals surface area contributed by atoms with Gasteiger partial charge in [0.15, 0.2) is 0 Å². The van der Waals surface area contributed by atoms with Crippen LogP contribution in [0.5, 0.6) is 0 Å².